The maximum Gasteiger partial charge on any atom is 0.365 e. The second-order valence-corrected chi connectivity index (χ2v) is 5.99. The smallest absolute Gasteiger partial charge is 0.365 e. The predicted molar refractivity (Wildman–Crippen MR) is 79.2 cm³/mol. The summed E-state index contributed by atoms with van der Waals surface area (Å²) in [4.78, 5) is 10.7. The molecule has 0 saturated carbocycles. The highest BCUT2D eigenvalue weighted by atomic mass is 31.2. The highest BCUT2D eigenvalue weighted by molar-refractivity contribution is 7.62. The van der Waals surface area contributed by atoms with Crippen LogP contribution in [-0.4, -0.2) is 30.9 Å². The lowest BCUT2D eigenvalue weighted by Gasteiger charge is -2.20. The zero-order chi connectivity index (χ0) is 15.9. The standard InChI is InChI=1S/C14H19O6P/c1-4-19-21(17,20-5-2)13-9-7-6-8-12(13)18-10-11(3)14(15)16/h6-9H,3-5,10H2,1-2H3,(H,15,16). The monoisotopic (exact) mass is 314 g/mol. The van der Waals surface area contributed by atoms with E-state index in [1.54, 1.807) is 38.1 Å². The van der Waals surface area contributed by atoms with Crippen LogP contribution in [0.4, 0.5) is 0 Å². The normalized spacial score (nSPS) is 11.1. The van der Waals surface area contributed by atoms with E-state index in [-0.39, 0.29) is 36.4 Å². The lowest BCUT2D eigenvalue weighted by Crippen LogP contribution is -2.17. The molecule has 0 heterocycles. The molecule has 0 aliphatic heterocycles. The first-order valence-corrected chi connectivity index (χ1v) is 8.01. The van der Waals surface area contributed by atoms with Crippen LogP contribution in [0.15, 0.2) is 36.4 Å². The summed E-state index contributed by atoms with van der Waals surface area (Å²) in [6, 6.07) is 6.52. The summed E-state index contributed by atoms with van der Waals surface area (Å²) >= 11 is 0. The van der Waals surface area contributed by atoms with Crippen LogP contribution in [0.3, 0.4) is 0 Å². The number of aliphatic carboxylic acids is 1. The average Bonchev–Trinajstić information content (AvgIpc) is 2.45. The average molecular weight is 314 g/mol. The Balaban J connectivity index is 3.04. The topological polar surface area (TPSA) is 82.1 Å². The number of carbonyl (C=O) groups is 1. The first kappa shape index (κ1) is 17.4. The van der Waals surface area contributed by atoms with Crippen LogP contribution >= 0.6 is 7.60 Å². The summed E-state index contributed by atoms with van der Waals surface area (Å²) in [5, 5.41) is 9.04. The summed E-state index contributed by atoms with van der Waals surface area (Å²) < 4.78 is 28.7. The van der Waals surface area contributed by atoms with Crippen molar-refractivity contribution in [3.8, 4) is 5.75 Å². The van der Waals surface area contributed by atoms with Crippen LogP contribution in [0, 0.1) is 0 Å². The van der Waals surface area contributed by atoms with Crippen molar-refractivity contribution in [1.82, 2.24) is 0 Å². The van der Waals surface area contributed by atoms with Crippen LogP contribution in [0.25, 0.3) is 0 Å². The minimum atomic E-state index is -3.50. The minimum absolute atomic E-state index is 0.104. The molecule has 0 aliphatic rings. The highest BCUT2D eigenvalue weighted by Gasteiger charge is 2.30. The second-order valence-electron chi connectivity index (χ2n) is 4.00. The molecule has 0 atom stereocenters. The number of ether oxygens (including phenoxy) is 1. The molecule has 0 bridgehead atoms. The third-order valence-corrected chi connectivity index (χ3v) is 4.62. The van der Waals surface area contributed by atoms with Gasteiger partial charge in [0.05, 0.1) is 18.8 Å². The van der Waals surface area contributed by atoms with Gasteiger partial charge < -0.3 is 18.9 Å². The van der Waals surface area contributed by atoms with Crippen molar-refractivity contribution in [2.75, 3.05) is 19.8 Å². The highest BCUT2D eigenvalue weighted by Crippen LogP contribution is 2.49. The molecule has 0 aliphatic carbocycles. The molecule has 0 amide bonds. The Morgan fingerprint density at radius 2 is 1.81 bits per heavy atom. The van der Waals surface area contributed by atoms with Gasteiger partial charge in [0.2, 0.25) is 0 Å². The number of benzene rings is 1. The van der Waals surface area contributed by atoms with Gasteiger partial charge in [-0.05, 0) is 26.0 Å². The molecular formula is C14H19O6P. The number of rotatable bonds is 9. The summed E-state index contributed by atoms with van der Waals surface area (Å²) in [5.41, 5.74) is -0.104. The van der Waals surface area contributed by atoms with Gasteiger partial charge in [-0.3, -0.25) is 4.57 Å². The number of carboxylic acids is 1. The van der Waals surface area contributed by atoms with Crippen LogP contribution < -0.4 is 10.0 Å². The Morgan fingerprint density at radius 1 is 1.24 bits per heavy atom. The van der Waals surface area contributed by atoms with Gasteiger partial charge in [0.1, 0.15) is 17.7 Å². The van der Waals surface area contributed by atoms with E-state index in [4.69, 9.17) is 18.9 Å². The molecule has 1 aromatic carbocycles. The Labute approximate surface area is 123 Å². The molecule has 0 radical (unpaired) electrons. The maximum atomic E-state index is 12.8. The van der Waals surface area contributed by atoms with E-state index in [9.17, 15) is 9.36 Å². The Bertz CT molecular complexity index is 544. The van der Waals surface area contributed by atoms with Gasteiger partial charge in [-0.25, -0.2) is 4.79 Å². The van der Waals surface area contributed by atoms with Crippen molar-refractivity contribution >= 4 is 18.9 Å². The molecule has 0 spiro atoms. The fraction of sp³-hybridized carbons (Fsp3) is 0.357. The number of hydrogen-bond donors (Lipinski definition) is 1. The van der Waals surface area contributed by atoms with Crippen LogP contribution in [-0.2, 0) is 18.4 Å². The number of hydrogen-bond acceptors (Lipinski definition) is 5. The third-order valence-electron chi connectivity index (χ3n) is 2.46. The largest absolute Gasteiger partial charge is 0.488 e. The van der Waals surface area contributed by atoms with Crippen molar-refractivity contribution < 1.29 is 28.3 Å². The van der Waals surface area contributed by atoms with Crippen molar-refractivity contribution in [3.63, 3.8) is 0 Å². The molecule has 0 unspecified atom stereocenters. The van der Waals surface area contributed by atoms with E-state index in [0.29, 0.717) is 0 Å². The minimum Gasteiger partial charge on any atom is -0.488 e. The lowest BCUT2D eigenvalue weighted by atomic mass is 10.3. The molecular weight excluding hydrogens is 295 g/mol. The van der Waals surface area contributed by atoms with Crippen LogP contribution in [0.2, 0.25) is 0 Å². The molecule has 0 aromatic heterocycles. The zero-order valence-electron chi connectivity index (χ0n) is 12.1. The van der Waals surface area contributed by atoms with Gasteiger partial charge in [-0.1, -0.05) is 18.7 Å². The van der Waals surface area contributed by atoms with E-state index in [2.05, 4.69) is 6.58 Å². The van der Waals surface area contributed by atoms with E-state index < -0.39 is 13.6 Å². The lowest BCUT2D eigenvalue weighted by molar-refractivity contribution is -0.133. The number of para-hydroxylation sites is 1. The van der Waals surface area contributed by atoms with E-state index in [1.807, 2.05) is 0 Å². The molecule has 1 rings (SSSR count). The number of carboxylic acid groups (broad SMARTS) is 1. The van der Waals surface area contributed by atoms with Gasteiger partial charge in [-0.2, -0.15) is 0 Å². The summed E-state index contributed by atoms with van der Waals surface area (Å²) in [6.45, 7) is 7.01. The van der Waals surface area contributed by atoms with Gasteiger partial charge in [0, 0.05) is 0 Å². The first-order chi connectivity index (χ1) is 9.94. The SMILES string of the molecule is C=C(COc1ccccc1P(=O)(OCC)OCC)C(=O)O. The van der Waals surface area contributed by atoms with E-state index in [1.165, 1.54) is 0 Å². The molecule has 21 heavy (non-hydrogen) atoms. The molecule has 0 saturated heterocycles. The van der Waals surface area contributed by atoms with Crippen molar-refractivity contribution in [2.24, 2.45) is 0 Å². The molecule has 7 heteroatoms. The Hall–Kier alpha value is -1.62. The zero-order valence-corrected chi connectivity index (χ0v) is 13.0. The van der Waals surface area contributed by atoms with E-state index in [0.717, 1.165) is 0 Å². The first-order valence-electron chi connectivity index (χ1n) is 6.47. The molecule has 6 nitrogen and oxygen atoms in total. The van der Waals surface area contributed by atoms with Crippen molar-refractivity contribution in [3.05, 3.63) is 36.4 Å². The molecule has 1 aromatic rings. The molecule has 1 N–H and O–H groups in total. The van der Waals surface area contributed by atoms with Crippen LogP contribution in [0.5, 0.6) is 5.75 Å². The third kappa shape index (κ3) is 4.70. The van der Waals surface area contributed by atoms with Crippen molar-refractivity contribution in [2.45, 2.75) is 13.8 Å². The Kier molecular flexibility index (Phi) is 6.62. The fourth-order valence-corrected chi connectivity index (χ4v) is 3.26. The summed E-state index contributed by atoms with van der Waals surface area (Å²) in [7, 11) is -3.50. The predicted octanol–water partition coefficient (Wildman–Crippen LogP) is 2.60. The van der Waals surface area contributed by atoms with Gasteiger partial charge in [0.15, 0.2) is 0 Å². The van der Waals surface area contributed by atoms with E-state index >= 15 is 0 Å². The molecule has 0 fully saturated rings. The maximum absolute atomic E-state index is 12.8. The second kappa shape index (κ2) is 7.98. The summed E-state index contributed by atoms with van der Waals surface area (Å²) in [5.74, 6) is -0.893. The summed E-state index contributed by atoms with van der Waals surface area (Å²) in [6.07, 6.45) is 0. The molecule has 116 valence electrons. The fourth-order valence-electron chi connectivity index (χ4n) is 1.55. The van der Waals surface area contributed by atoms with Crippen molar-refractivity contribution in [1.29, 1.82) is 0 Å². The Morgan fingerprint density at radius 3 is 2.33 bits per heavy atom. The quantitative estimate of drug-likeness (QED) is 0.557. The van der Waals surface area contributed by atoms with Gasteiger partial charge >= 0.3 is 13.6 Å². The van der Waals surface area contributed by atoms with Crippen LogP contribution in [0.1, 0.15) is 13.8 Å². The van der Waals surface area contributed by atoms with Gasteiger partial charge in [0.25, 0.3) is 0 Å². The van der Waals surface area contributed by atoms with Gasteiger partial charge in [-0.15, -0.1) is 0 Å².